The number of hydrogen-bond acceptors (Lipinski definition) is 4. The van der Waals surface area contributed by atoms with E-state index in [1.54, 1.807) is 0 Å². The van der Waals surface area contributed by atoms with Crippen molar-refractivity contribution in [3.63, 3.8) is 0 Å². The van der Waals surface area contributed by atoms with Crippen LogP contribution >= 0.6 is 0 Å². The van der Waals surface area contributed by atoms with E-state index < -0.39 is 0 Å². The minimum Gasteiger partial charge on any atom is -0.456 e. The molecule has 0 bridgehead atoms. The second-order valence-electron chi connectivity index (χ2n) is 11.3. The van der Waals surface area contributed by atoms with Gasteiger partial charge in [0.2, 0.25) is 0 Å². The van der Waals surface area contributed by atoms with Crippen molar-refractivity contribution in [1.82, 2.24) is 14.5 Å². The lowest BCUT2D eigenvalue weighted by Crippen LogP contribution is -2.01. The van der Waals surface area contributed by atoms with Crippen molar-refractivity contribution in [3.05, 3.63) is 151 Å². The summed E-state index contributed by atoms with van der Waals surface area (Å²) in [4.78, 5) is 9.96. The highest BCUT2D eigenvalue weighted by Gasteiger charge is 2.21. The van der Waals surface area contributed by atoms with Gasteiger partial charge in [-0.3, -0.25) is 0 Å². The first-order valence-corrected chi connectivity index (χ1v) is 15.2. The van der Waals surface area contributed by atoms with E-state index in [1.165, 1.54) is 10.8 Å². The Bertz CT molecular complexity index is 2530. The van der Waals surface area contributed by atoms with Crippen LogP contribution in [-0.2, 0) is 0 Å². The van der Waals surface area contributed by atoms with Gasteiger partial charge in [-0.2, -0.15) is 5.26 Å². The lowest BCUT2D eigenvalue weighted by Gasteiger charge is -2.12. The Morgan fingerprint density at radius 1 is 0.522 bits per heavy atom. The first-order valence-electron chi connectivity index (χ1n) is 15.2. The van der Waals surface area contributed by atoms with E-state index in [-0.39, 0.29) is 0 Å². The summed E-state index contributed by atoms with van der Waals surface area (Å²) in [5.74, 6) is 0.529. The van der Waals surface area contributed by atoms with E-state index in [0.717, 1.165) is 55.3 Å². The molecular weight excluding hydrogens is 564 g/mol. The Kier molecular flexibility index (Phi) is 5.81. The van der Waals surface area contributed by atoms with Gasteiger partial charge in [0.05, 0.1) is 33.5 Å². The summed E-state index contributed by atoms with van der Waals surface area (Å²) in [6, 6.07) is 51.4. The van der Waals surface area contributed by atoms with Gasteiger partial charge in [-0.25, -0.2) is 9.97 Å². The molecule has 0 fully saturated rings. The smallest absolute Gasteiger partial charge is 0.160 e. The van der Waals surface area contributed by atoms with Gasteiger partial charge in [0.25, 0.3) is 0 Å². The summed E-state index contributed by atoms with van der Waals surface area (Å²) in [6.07, 6.45) is 0. The largest absolute Gasteiger partial charge is 0.456 e. The lowest BCUT2D eigenvalue weighted by atomic mass is 10.00. The molecule has 0 aliphatic carbocycles. The van der Waals surface area contributed by atoms with E-state index in [9.17, 15) is 5.26 Å². The fourth-order valence-corrected chi connectivity index (χ4v) is 6.62. The minimum absolute atomic E-state index is 0.446. The van der Waals surface area contributed by atoms with Gasteiger partial charge in [0.1, 0.15) is 22.8 Å². The second-order valence-corrected chi connectivity index (χ2v) is 11.3. The number of aromatic nitrogens is 3. The fraction of sp³-hybridized carbons (Fsp3) is 0. The van der Waals surface area contributed by atoms with Crippen molar-refractivity contribution >= 4 is 43.7 Å². The second kappa shape index (κ2) is 10.3. The molecule has 0 N–H and O–H groups in total. The molecule has 5 heteroatoms. The molecule has 6 aromatic carbocycles. The molecule has 9 rings (SSSR count). The van der Waals surface area contributed by atoms with Crippen LogP contribution in [-0.4, -0.2) is 14.5 Å². The summed E-state index contributed by atoms with van der Waals surface area (Å²) in [7, 11) is 0. The summed E-state index contributed by atoms with van der Waals surface area (Å²) in [6.45, 7) is 0. The molecule has 0 aliphatic rings. The van der Waals surface area contributed by atoms with Gasteiger partial charge in [0, 0.05) is 32.8 Å². The monoisotopic (exact) mass is 588 g/mol. The molecule has 5 nitrogen and oxygen atoms in total. The van der Waals surface area contributed by atoms with E-state index >= 15 is 0 Å². The number of nitriles is 1. The maximum Gasteiger partial charge on any atom is 0.160 e. The molecule has 3 aromatic heterocycles. The topological polar surface area (TPSA) is 67.6 Å². The van der Waals surface area contributed by atoms with Crippen molar-refractivity contribution < 1.29 is 4.42 Å². The van der Waals surface area contributed by atoms with Crippen molar-refractivity contribution in [2.75, 3.05) is 0 Å². The molecule has 0 aliphatic heterocycles. The molecular formula is C41H24N4O. The van der Waals surface area contributed by atoms with Crippen LogP contribution in [0.1, 0.15) is 5.56 Å². The van der Waals surface area contributed by atoms with Crippen molar-refractivity contribution in [2.45, 2.75) is 0 Å². The summed E-state index contributed by atoms with van der Waals surface area (Å²) in [5.41, 5.74) is 9.10. The number of benzene rings is 6. The Hall–Kier alpha value is -6.51. The minimum atomic E-state index is 0.446. The average molecular weight is 589 g/mol. The van der Waals surface area contributed by atoms with Gasteiger partial charge in [0.15, 0.2) is 5.82 Å². The third-order valence-corrected chi connectivity index (χ3v) is 8.67. The normalized spacial score (nSPS) is 11.5. The Balaban J connectivity index is 1.28. The molecule has 0 saturated carbocycles. The van der Waals surface area contributed by atoms with Crippen LogP contribution in [0.15, 0.2) is 150 Å². The summed E-state index contributed by atoms with van der Waals surface area (Å²) >= 11 is 0. The van der Waals surface area contributed by atoms with Crippen LogP contribution in [0.3, 0.4) is 0 Å². The third kappa shape index (κ3) is 3.94. The maximum atomic E-state index is 10.3. The molecule has 9 aromatic rings. The first kappa shape index (κ1) is 25.9. The van der Waals surface area contributed by atoms with E-state index in [2.05, 4.69) is 71.3 Å². The van der Waals surface area contributed by atoms with Crippen LogP contribution in [0, 0.1) is 11.3 Å². The zero-order valence-corrected chi connectivity index (χ0v) is 24.6. The number of furan rings is 1. The van der Waals surface area contributed by atoms with E-state index in [4.69, 9.17) is 14.4 Å². The zero-order chi connectivity index (χ0) is 30.6. The Morgan fingerprint density at radius 2 is 1.11 bits per heavy atom. The number of hydrogen-bond donors (Lipinski definition) is 0. The number of rotatable bonds is 4. The van der Waals surface area contributed by atoms with Crippen LogP contribution < -0.4 is 0 Å². The molecule has 0 unspecified atom stereocenters. The number of fused-ring (bicyclic) bond motifs is 6. The van der Waals surface area contributed by atoms with Gasteiger partial charge in [-0.05, 0) is 36.4 Å². The van der Waals surface area contributed by atoms with Gasteiger partial charge < -0.3 is 8.98 Å². The van der Waals surface area contributed by atoms with Crippen LogP contribution in [0.5, 0.6) is 0 Å². The molecule has 46 heavy (non-hydrogen) atoms. The maximum absolute atomic E-state index is 10.3. The Morgan fingerprint density at radius 3 is 1.72 bits per heavy atom. The van der Waals surface area contributed by atoms with Crippen LogP contribution in [0.4, 0.5) is 0 Å². The molecule has 214 valence electrons. The molecule has 0 spiro atoms. The van der Waals surface area contributed by atoms with Crippen molar-refractivity contribution in [3.8, 4) is 45.7 Å². The zero-order valence-electron chi connectivity index (χ0n) is 24.6. The predicted octanol–water partition coefficient (Wildman–Crippen LogP) is 10.3. The SMILES string of the molecule is N#Cc1c(-c2ccccc2)nc(-c2ccc3c(c2)oc2cccc(-n4c5ccccc5c5ccccc54)c23)nc1-c1ccccc1. The highest BCUT2D eigenvalue weighted by molar-refractivity contribution is 6.14. The van der Waals surface area contributed by atoms with Crippen LogP contribution in [0.25, 0.3) is 83.3 Å². The standard InChI is InChI=1S/C41H24N4O/c42-25-32-39(26-12-3-1-4-13-26)43-41(44-40(32)27-14-5-2-6-15-27)28-22-23-31-37(24-28)46-36-21-11-20-35(38(31)36)45-33-18-9-7-16-29(33)30-17-8-10-19-34(30)45/h1-24H. The number of nitrogens with zero attached hydrogens (tertiary/aromatic N) is 4. The van der Waals surface area contributed by atoms with Gasteiger partial charge in [-0.15, -0.1) is 0 Å². The number of para-hydroxylation sites is 2. The van der Waals surface area contributed by atoms with Gasteiger partial charge >= 0.3 is 0 Å². The van der Waals surface area contributed by atoms with E-state index in [0.29, 0.717) is 22.8 Å². The third-order valence-electron chi connectivity index (χ3n) is 8.67. The first-order chi connectivity index (χ1) is 22.8. The molecule has 3 heterocycles. The molecule has 0 saturated heterocycles. The predicted molar refractivity (Wildman–Crippen MR) is 185 cm³/mol. The van der Waals surface area contributed by atoms with Gasteiger partial charge in [-0.1, -0.05) is 109 Å². The highest BCUT2D eigenvalue weighted by Crippen LogP contribution is 2.40. The van der Waals surface area contributed by atoms with Crippen molar-refractivity contribution in [1.29, 1.82) is 5.26 Å². The summed E-state index contributed by atoms with van der Waals surface area (Å²) < 4.78 is 8.86. The Labute approximate surface area is 264 Å². The quantitative estimate of drug-likeness (QED) is 0.205. The molecule has 0 radical (unpaired) electrons. The highest BCUT2D eigenvalue weighted by atomic mass is 16.3. The fourth-order valence-electron chi connectivity index (χ4n) is 6.62. The average Bonchev–Trinajstić information content (AvgIpc) is 3.67. The van der Waals surface area contributed by atoms with E-state index in [1.807, 2.05) is 84.9 Å². The molecule has 0 amide bonds. The van der Waals surface area contributed by atoms with Crippen LogP contribution in [0.2, 0.25) is 0 Å². The summed E-state index contributed by atoms with van der Waals surface area (Å²) in [5, 5.41) is 14.8. The molecule has 0 atom stereocenters. The lowest BCUT2D eigenvalue weighted by molar-refractivity contribution is 0.669. The van der Waals surface area contributed by atoms with Crippen molar-refractivity contribution in [2.24, 2.45) is 0 Å².